The molecule has 0 bridgehead atoms. The smallest absolute Gasteiger partial charge is 0.103 e. The van der Waals surface area contributed by atoms with Crippen LogP contribution in [0.15, 0.2) is 41.3 Å². The summed E-state index contributed by atoms with van der Waals surface area (Å²) in [6.07, 6.45) is 7.60. The Kier molecular flexibility index (Phi) is 4.59. The van der Waals surface area contributed by atoms with Crippen molar-refractivity contribution in [1.82, 2.24) is 15.1 Å². The van der Waals surface area contributed by atoms with Gasteiger partial charge in [-0.25, -0.2) is 0 Å². The van der Waals surface area contributed by atoms with E-state index >= 15 is 0 Å². The van der Waals surface area contributed by atoms with Gasteiger partial charge in [-0.1, -0.05) is 0 Å². The summed E-state index contributed by atoms with van der Waals surface area (Å²) < 4.78 is 7.29. The normalized spacial score (nSPS) is 14.6. The minimum absolute atomic E-state index is 0.413. The second-order valence-corrected chi connectivity index (χ2v) is 4.81. The van der Waals surface area contributed by atoms with Crippen LogP contribution in [-0.4, -0.2) is 21.9 Å². The molecule has 0 saturated heterocycles. The van der Waals surface area contributed by atoms with E-state index in [1.54, 1.807) is 6.26 Å². The quantitative estimate of drug-likeness (QED) is 0.817. The van der Waals surface area contributed by atoms with Gasteiger partial charge in [0.25, 0.3) is 0 Å². The number of hydrogen-bond donors (Lipinski definition) is 1. The lowest BCUT2D eigenvalue weighted by molar-refractivity contribution is 0.386. The SMILES string of the molecule is CC(CCc1ccco1)NC(C)Cn1cccn1. The summed E-state index contributed by atoms with van der Waals surface area (Å²) >= 11 is 0. The van der Waals surface area contributed by atoms with Gasteiger partial charge in [0.15, 0.2) is 0 Å². The van der Waals surface area contributed by atoms with E-state index in [-0.39, 0.29) is 0 Å². The summed E-state index contributed by atoms with van der Waals surface area (Å²) in [6.45, 7) is 5.30. The van der Waals surface area contributed by atoms with Crippen LogP contribution in [0.2, 0.25) is 0 Å². The topological polar surface area (TPSA) is 43.0 Å². The van der Waals surface area contributed by atoms with Crippen LogP contribution in [0.25, 0.3) is 0 Å². The fourth-order valence-corrected chi connectivity index (χ4v) is 2.12. The highest BCUT2D eigenvalue weighted by Crippen LogP contribution is 2.06. The van der Waals surface area contributed by atoms with Crippen LogP contribution in [0, 0.1) is 0 Å². The maximum atomic E-state index is 5.33. The average Bonchev–Trinajstić information content (AvgIpc) is 2.98. The van der Waals surface area contributed by atoms with Gasteiger partial charge in [-0.05, 0) is 38.5 Å². The molecule has 0 aliphatic carbocycles. The predicted molar refractivity (Wildman–Crippen MR) is 71.3 cm³/mol. The van der Waals surface area contributed by atoms with Gasteiger partial charge in [0.05, 0.1) is 12.8 Å². The van der Waals surface area contributed by atoms with Crippen LogP contribution in [0.5, 0.6) is 0 Å². The lowest BCUT2D eigenvalue weighted by Gasteiger charge is -2.19. The van der Waals surface area contributed by atoms with Gasteiger partial charge in [-0.15, -0.1) is 0 Å². The van der Waals surface area contributed by atoms with Gasteiger partial charge in [0, 0.05) is 30.9 Å². The number of rotatable bonds is 7. The van der Waals surface area contributed by atoms with Crippen LogP contribution >= 0.6 is 0 Å². The van der Waals surface area contributed by atoms with Gasteiger partial charge in [0.2, 0.25) is 0 Å². The molecule has 1 N–H and O–H groups in total. The van der Waals surface area contributed by atoms with Crippen LogP contribution < -0.4 is 5.32 Å². The Morgan fingerprint density at radius 3 is 2.89 bits per heavy atom. The molecule has 0 radical (unpaired) electrons. The summed E-state index contributed by atoms with van der Waals surface area (Å²) in [5.74, 6) is 1.06. The highest BCUT2D eigenvalue weighted by Gasteiger charge is 2.09. The van der Waals surface area contributed by atoms with E-state index in [4.69, 9.17) is 4.42 Å². The Labute approximate surface area is 108 Å². The van der Waals surface area contributed by atoms with Crippen molar-refractivity contribution >= 4 is 0 Å². The molecule has 2 rings (SSSR count). The molecule has 2 aromatic rings. The second-order valence-electron chi connectivity index (χ2n) is 4.81. The van der Waals surface area contributed by atoms with Crippen molar-refractivity contribution < 1.29 is 4.42 Å². The van der Waals surface area contributed by atoms with Crippen molar-refractivity contribution in [3.8, 4) is 0 Å². The molecule has 18 heavy (non-hydrogen) atoms. The molecule has 2 heterocycles. The van der Waals surface area contributed by atoms with Gasteiger partial charge < -0.3 is 9.73 Å². The second kappa shape index (κ2) is 6.40. The van der Waals surface area contributed by atoms with Crippen LogP contribution in [0.3, 0.4) is 0 Å². The van der Waals surface area contributed by atoms with Gasteiger partial charge >= 0.3 is 0 Å². The fraction of sp³-hybridized carbons (Fsp3) is 0.500. The summed E-state index contributed by atoms with van der Waals surface area (Å²) in [5.41, 5.74) is 0. The Bertz CT molecular complexity index is 422. The van der Waals surface area contributed by atoms with Crippen molar-refractivity contribution in [2.45, 2.75) is 45.3 Å². The van der Waals surface area contributed by atoms with Crippen LogP contribution in [0.4, 0.5) is 0 Å². The summed E-state index contributed by atoms with van der Waals surface area (Å²) in [6, 6.07) is 6.80. The molecule has 0 amide bonds. The highest BCUT2D eigenvalue weighted by molar-refractivity contribution is 4.98. The molecular formula is C14H21N3O. The van der Waals surface area contributed by atoms with E-state index in [2.05, 4.69) is 24.3 Å². The monoisotopic (exact) mass is 247 g/mol. The largest absolute Gasteiger partial charge is 0.469 e. The molecule has 0 spiro atoms. The number of furan rings is 1. The van der Waals surface area contributed by atoms with Crippen LogP contribution in [-0.2, 0) is 13.0 Å². The first-order valence-corrected chi connectivity index (χ1v) is 6.50. The maximum absolute atomic E-state index is 5.33. The minimum Gasteiger partial charge on any atom is -0.469 e. The molecule has 0 saturated carbocycles. The summed E-state index contributed by atoms with van der Waals surface area (Å²) in [4.78, 5) is 0. The Morgan fingerprint density at radius 1 is 1.33 bits per heavy atom. The van der Waals surface area contributed by atoms with E-state index in [1.807, 2.05) is 35.3 Å². The molecule has 2 atom stereocenters. The van der Waals surface area contributed by atoms with Gasteiger partial charge in [-0.2, -0.15) is 5.10 Å². The molecule has 0 aromatic carbocycles. The van der Waals surface area contributed by atoms with Crippen molar-refractivity contribution in [2.24, 2.45) is 0 Å². The molecule has 0 aliphatic heterocycles. The number of nitrogens with one attached hydrogen (secondary N) is 1. The van der Waals surface area contributed by atoms with E-state index in [1.165, 1.54) is 0 Å². The zero-order valence-electron chi connectivity index (χ0n) is 11.0. The maximum Gasteiger partial charge on any atom is 0.103 e. The zero-order chi connectivity index (χ0) is 12.8. The van der Waals surface area contributed by atoms with Crippen molar-refractivity contribution in [2.75, 3.05) is 0 Å². The standard InChI is InChI=1S/C14H21N3O/c1-12(6-7-14-5-3-10-18-14)16-13(2)11-17-9-4-8-15-17/h3-5,8-10,12-13,16H,6-7,11H2,1-2H3. The van der Waals surface area contributed by atoms with Crippen molar-refractivity contribution in [3.05, 3.63) is 42.6 Å². The molecule has 0 fully saturated rings. The first-order chi connectivity index (χ1) is 8.74. The van der Waals surface area contributed by atoms with Crippen molar-refractivity contribution in [1.29, 1.82) is 0 Å². The molecule has 2 unspecified atom stereocenters. The molecular weight excluding hydrogens is 226 g/mol. The average molecular weight is 247 g/mol. The van der Waals surface area contributed by atoms with Crippen LogP contribution in [0.1, 0.15) is 26.0 Å². The summed E-state index contributed by atoms with van der Waals surface area (Å²) in [5, 5.41) is 7.79. The Morgan fingerprint density at radius 2 is 2.22 bits per heavy atom. The van der Waals surface area contributed by atoms with E-state index in [9.17, 15) is 0 Å². The molecule has 98 valence electrons. The van der Waals surface area contributed by atoms with E-state index in [0.717, 1.165) is 25.1 Å². The number of nitrogens with zero attached hydrogens (tertiary/aromatic N) is 2. The Hall–Kier alpha value is -1.55. The number of aromatic nitrogens is 2. The lowest BCUT2D eigenvalue weighted by Crippen LogP contribution is -2.37. The lowest BCUT2D eigenvalue weighted by atomic mass is 10.1. The van der Waals surface area contributed by atoms with Gasteiger partial charge in [0.1, 0.15) is 5.76 Å². The molecule has 4 heteroatoms. The predicted octanol–water partition coefficient (Wildman–Crippen LogP) is 2.48. The molecule has 4 nitrogen and oxygen atoms in total. The highest BCUT2D eigenvalue weighted by atomic mass is 16.3. The molecule has 0 aliphatic rings. The summed E-state index contributed by atoms with van der Waals surface area (Å²) in [7, 11) is 0. The minimum atomic E-state index is 0.413. The fourth-order valence-electron chi connectivity index (χ4n) is 2.12. The first kappa shape index (κ1) is 12.9. The molecule has 2 aromatic heterocycles. The third-order valence-electron chi connectivity index (χ3n) is 2.99. The van der Waals surface area contributed by atoms with E-state index in [0.29, 0.717) is 12.1 Å². The zero-order valence-corrected chi connectivity index (χ0v) is 11.0. The number of hydrogen-bond acceptors (Lipinski definition) is 3. The van der Waals surface area contributed by atoms with Crippen molar-refractivity contribution in [3.63, 3.8) is 0 Å². The third kappa shape index (κ3) is 4.04. The van der Waals surface area contributed by atoms with Gasteiger partial charge in [-0.3, -0.25) is 4.68 Å². The van der Waals surface area contributed by atoms with E-state index < -0.39 is 0 Å². The third-order valence-corrected chi connectivity index (χ3v) is 2.99. The number of aryl methyl sites for hydroxylation is 1. The Balaban J connectivity index is 1.68. The first-order valence-electron chi connectivity index (χ1n) is 6.50.